The Morgan fingerprint density at radius 3 is 2.92 bits per heavy atom. The molecule has 70 valence electrons. The molecule has 0 radical (unpaired) electrons. The Labute approximate surface area is 78.6 Å². The number of nitrogens with zero attached hydrogens (tertiary/aromatic N) is 2. The maximum atomic E-state index is 5.57. The number of hydrogen-bond donors (Lipinski definition) is 1. The minimum absolute atomic E-state index is 0.732. The van der Waals surface area contributed by atoms with Gasteiger partial charge in [0.15, 0.2) is 0 Å². The highest BCUT2D eigenvalue weighted by Crippen LogP contribution is 2.21. The van der Waals surface area contributed by atoms with E-state index in [2.05, 4.69) is 16.8 Å². The van der Waals surface area contributed by atoms with Crippen LogP contribution in [0, 0.1) is 5.92 Å². The summed E-state index contributed by atoms with van der Waals surface area (Å²) >= 11 is 0. The van der Waals surface area contributed by atoms with E-state index in [4.69, 9.17) is 5.73 Å². The first-order valence-electron chi connectivity index (χ1n) is 4.72. The second-order valence-corrected chi connectivity index (χ2v) is 3.79. The van der Waals surface area contributed by atoms with Crippen molar-refractivity contribution in [3.05, 3.63) is 18.3 Å². The number of pyridine rings is 1. The van der Waals surface area contributed by atoms with Gasteiger partial charge >= 0.3 is 0 Å². The largest absolute Gasteiger partial charge is 0.397 e. The first-order chi connectivity index (χ1) is 6.25. The fourth-order valence-electron chi connectivity index (χ4n) is 1.73. The Bertz CT molecular complexity index is 281. The molecule has 0 amide bonds. The first kappa shape index (κ1) is 8.35. The Balaban J connectivity index is 2.13. The summed E-state index contributed by atoms with van der Waals surface area (Å²) in [6, 6.07) is 3.90. The Hall–Kier alpha value is -1.25. The molecule has 0 bridgehead atoms. The van der Waals surface area contributed by atoms with Crippen LogP contribution in [0.15, 0.2) is 18.3 Å². The third kappa shape index (κ3) is 1.74. The molecule has 1 unspecified atom stereocenters. The molecule has 2 heterocycles. The van der Waals surface area contributed by atoms with Gasteiger partial charge in [0.05, 0.1) is 11.9 Å². The lowest BCUT2D eigenvalue weighted by Gasteiger charge is -2.16. The molecule has 3 nitrogen and oxygen atoms in total. The van der Waals surface area contributed by atoms with Crippen molar-refractivity contribution in [3.8, 4) is 0 Å². The van der Waals surface area contributed by atoms with E-state index in [1.54, 1.807) is 6.20 Å². The SMILES string of the molecule is CC1CCN(c2ccc(N)cn2)C1. The van der Waals surface area contributed by atoms with Crippen LogP contribution in [0.25, 0.3) is 0 Å². The average molecular weight is 177 g/mol. The number of rotatable bonds is 1. The van der Waals surface area contributed by atoms with E-state index in [0.717, 1.165) is 30.5 Å². The Morgan fingerprint density at radius 2 is 2.38 bits per heavy atom. The average Bonchev–Trinajstić information content (AvgIpc) is 2.53. The van der Waals surface area contributed by atoms with Crippen molar-refractivity contribution in [3.63, 3.8) is 0 Å². The highest BCUT2D eigenvalue weighted by Gasteiger charge is 2.19. The predicted octanol–water partition coefficient (Wildman–Crippen LogP) is 1.51. The number of anilines is 2. The molecule has 1 aromatic heterocycles. The van der Waals surface area contributed by atoms with Gasteiger partial charge in [0.1, 0.15) is 5.82 Å². The van der Waals surface area contributed by atoms with E-state index in [-0.39, 0.29) is 0 Å². The molecule has 2 N–H and O–H groups in total. The zero-order valence-electron chi connectivity index (χ0n) is 7.90. The summed E-state index contributed by atoms with van der Waals surface area (Å²) in [4.78, 5) is 6.61. The normalized spacial score (nSPS) is 22.2. The standard InChI is InChI=1S/C10H15N3/c1-8-4-5-13(7-8)10-3-2-9(11)6-12-10/h2-3,6,8H,4-5,7,11H2,1H3. The zero-order chi connectivity index (χ0) is 9.26. The van der Waals surface area contributed by atoms with Gasteiger partial charge in [0.2, 0.25) is 0 Å². The fraction of sp³-hybridized carbons (Fsp3) is 0.500. The van der Waals surface area contributed by atoms with Crippen LogP contribution in [0.3, 0.4) is 0 Å². The number of nitrogen functional groups attached to an aromatic ring is 1. The van der Waals surface area contributed by atoms with Gasteiger partial charge in [-0.2, -0.15) is 0 Å². The van der Waals surface area contributed by atoms with Crippen molar-refractivity contribution in [1.82, 2.24) is 4.98 Å². The summed E-state index contributed by atoms with van der Waals surface area (Å²) in [5, 5.41) is 0. The van der Waals surface area contributed by atoms with E-state index >= 15 is 0 Å². The van der Waals surface area contributed by atoms with Crippen molar-refractivity contribution in [2.75, 3.05) is 23.7 Å². The molecule has 1 fully saturated rings. The maximum absolute atomic E-state index is 5.57. The van der Waals surface area contributed by atoms with Crippen LogP contribution in [-0.2, 0) is 0 Å². The topological polar surface area (TPSA) is 42.1 Å². The predicted molar refractivity (Wildman–Crippen MR) is 54.6 cm³/mol. The third-order valence-electron chi connectivity index (χ3n) is 2.52. The second-order valence-electron chi connectivity index (χ2n) is 3.79. The van der Waals surface area contributed by atoms with Crippen LogP contribution >= 0.6 is 0 Å². The summed E-state index contributed by atoms with van der Waals surface area (Å²) in [5.74, 6) is 1.85. The summed E-state index contributed by atoms with van der Waals surface area (Å²) in [7, 11) is 0. The highest BCUT2D eigenvalue weighted by molar-refractivity contribution is 5.46. The zero-order valence-corrected chi connectivity index (χ0v) is 7.90. The van der Waals surface area contributed by atoms with Crippen molar-refractivity contribution < 1.29 is 0 Å². The smallest absolute Gasteiger partial charge is 0.128 e. The van der Waals surface area contributed by atoms with Crippen LogP contribution in [0.2, 0.25) is 0 Å². The van der Waals surface area contributed by atoms with Gasteiger partial charge in [0, 0.05) is 13.1 Å². The molecule has 0 aliphatic carbocycles. The van der Waals surface area contributed by atoms with Gasteiger partial charge < -0.3 is 10.6 Å². The minimum Gasteiger partial charge on any atom is -0.397 e. The van der Waals surface area contributed by atoms with Crippen molar-refractivity contribution in [2.24, 2.45) is 5.92 Å². The van der Waals surface area contributed by atoms with Crippen LogP contribution < -0.4 is 10.6 Å². The lowest BCUT2D eigenvalue weighted by atomic mass is 10.2. The maximum Gasteiger partial charge on any atom is 0.128 e. The molecular formula is C10H15N3. The van der Waals surface area contributed by atoms with E-state index in [1.165, 1.54) is 6.42 Å². The molecule has 0 spiro atoms. The van der Waals surface area contributed by atoms with E-state index in [1.807, 2.05) is 12.1 Å². The van der Waals surface area contributed by atoms with Gasteiger partial charge in [0.25, 0.3) is 0 Å². The van der Waals surface area contributed by atoms with E-state index in [9.17, 15) is 0 Å². The van der Waals surface area contributed by atoms with Gasteiger partial charge in [-0.1, -0.05) is 6.92 Å². The van der Waals surface area contributed by atoms with Gasteiger partial charge in [-0.3, -0.25) is 0 Å². The highest BCUT2D eigenvalue weighted by atomic mass is 15.2. The molecule has 1 aliphatic heterocycles. The molecule has 3 heteroatoms. The first-order valence-corrected chi connectivity index (χ1v) is 4.72. The van der Waals surface area contributed by atoms with Crippen LogP contribution in [-0.4, -0.2) is 18.1 Å². The Morgan fingerprint density at radius 1 is 1.54 bits per heavy atom. The van der Waals surface area contributed by atoms with E-state index < -0.39 is 0 Å². The summed E-state index contributed by atoms with van der Waals surface area (Å²) < 4.78 is 0. The van der Waals surface area contributed by atoms with Crippen molar-refractivity contribution in [1.29, 1.82) is 0 Å². The van der Waals surface area contributed by atoms with Crippen molar-refractivity contribution in [2.45, 2.75) is 13.3 Å². The van der Waals surface area contributed by atoms with Crippen LogP contribution in [0.5, 0.6) is 0 Å². The molecule has 0 saturated carbocycles. The lowest BCUT2D eigenvalue weighted by molar-refractivity contribution is 0.659. The van der Waals surface area contributed by atoms with Gasteiger partial charge in [-0.05, 0) is 24.5 Å². The van der Waals surface area contributed by atoms with Gasteiger partial charge in [-0.25, -0.2) is 4.98 Å². The second kappa shape index (κ2) is 3.24. The number of nitrogens with two attached hydrogens (primary N) is 1. The summed E-state index contributed by atoms with van der Waals surface area (Å²) in [5.41, 5.74) is 6.30. The minimum atomic E-state index is 0.732. The molecule has 1 aromatic rings. The molecule has 1 aliphatic rings. The number of hydrogen-bond acceptors (Lipinski definition) is 3. The Kier molecular flexibility index (Phi) is 2.08. The molecule has 0 aromatic carbocycles. The molecule has 1 saturated heterocycles. The van der Waals surface area contributed by atoms with Crippen molar-refractivity contribution >= 4 is 11.5 Å². The van der Waals surface area contributed by atoms with Gasteiger partial charge in [-0.15, -0.1) is 0 Å². The van der Waals surface area contributed by atoms with Crippen LogP contribution in [0.1, 0.15) is 13.3 Å². The molecule has 13 heavy (non-hydrogen) atoms. The number of aromatic nitrogens is 1. The lowest BCUT2D eigenvalue weighted by Crippen LogP contribution is -2.20. The summed E-state index contributed by atoms with van der Waals surface area (Å²) in [6.45, 7) is 4.52. The monoisotopic (exact) mass is 177 g/mol. The van der Waals surface area contributed by atoms with Crippen LogP contribution in [0.4, 0.5) is 11.5 Å². The molecule has 1 atom stereocenters. The third-order valence-corrected chi connectivity index (χ3v) is 2.52. The quantitative estimate of drug-likeness (QED) is 0.707. The molecule has 2 rings (SSSR count). The van der Waals surface area contributed by atoms with E-state index in [0.29, 0.717) is 0 Å². The fourth-order valence-corrected chi connectivity index (χ4v) is 1.73. The molecular weight excluding hydrogens is 162 g/mol. The summed E-state index contributed by atoms with van der Waals surface area (Å²) in [6.07, 6.45) is 2.99.